The Morgan fingerprint density at radius 1 is 1.33 bits per heavy atom. The highest BCUT2D eigenvalue weighted by atomic mass is 16.2. The van der Waals surface area contributed by atoms with E-state index >= 15 is 0 Å². The normalized spacial score (nSPS) is 17.2. The molecule has 1 aliphatic heterocycles. The molecule has 1 saturated heterocycles. The molecule has 0 spiro atoms. The second kappa shape index (κ2) is 6.48. The largest absolute Gasteiger partial charge is 0.398 e. The van der Waals surface area contributed by atoms with Crippen molar-refractivity contribution in [1.82, 2.24) is 9.80 Å². The fourth-order valence-electron chi connectivity index (χ4n) is 3.11. The highest BCUT2D eigenvalue weighted by Crippen LogP contribution is 2.23. The molecule has 116 valence electrons. The number of amides is 1. The Labute approximate surface area is 127 Å². The molecule has 1 amide bonds. The van der Waals surface area contributed by atoms with Crippen LogP contribution in [-0.4, -0.2) is 47.9 Å². The Balaban J connectivity index is 2.07. The molecule has 1 aliphatic rings. The summed E-state index contributed by atoms with van der Waals surface area (Å²) in [6.07, 6.45) is 2.07. The lowest BCUT2D eigenvalue weighted by molar-refractivity contribution is 0.0615. The van der Waals surface area contributed by atoms with Crippen LogP contribution in [0.1, 0.15) is 42.6 Å². The third-order valence-corrected chi connectivity index (χ3v) is 4.62. The van der Waals surface area contributed by atoms with Gasteiger partial charge in [0, 0.05) is 37.9 Å². The van der Waals surface area contributed by atoms with Gasteiger partial charge in [-0.05, 0) is 45.2 Å². The molecule has 0 atom stereocenters. The maximum absolute atomic E-state index is 12.7. The second-order valence-corrected chi connectivity index (χ2v) is 6.32. The Morgan fingerprint density at radius 3 is 2.48 bits per heavy atom. The van der Waals surface area contributed by atoms with Gasteiger partial charge in [-0.3, -0.25) is 4.79 Å². The van der Waals surface area contributed by atoms with Crippen molar-refractivity contribution in [2.75, 3.05) is 25.9 Å². The van der Waals surface area contributed by atoms with E-state index < -0.39 is 0 Å². The van der Waals surface area contributed by atoms with Gasteiger partial charge in [0.25, 0.3) is 5.91 Å². The zero-order chi connectivity index (χ0) is 15.6. The van der Waals surface area contributed by atoms with Crippen LogP contribution in [0.25, 0.3) is 0 Å². The van der Waals surface area contributed by atoms with E-state index in [2.05, 4.69) is 18.7 Å². The number of nitrogens with two attached hydrogens (primary N) is 1. The number of nitrogen functional groups attached to an aromatic ring is 1. The van der Waals surface area contributed by atoms with Crippen molar-refractivity contribution in [3.63, 3.8) is 0 Å². The lowest BCUT2D eigenvalue weighted by Gasteiger charge is -2.38. The van der Waals surface area contributed by atoms with Crippen molar-refractivity contribution in [1.29, 1.82) is 0 Å². The smallest absolute Gasteiger partial charge is 0.256 e. The maximum Gasteiger partial charge on any atom is 0.256 e. The van der Waals surface area contributed by atoms with Crippen molar-refractivity contribution < 1.29 is 4.79 Å². The summed E-state index contributed by atoms with van der Waals surface area (Å²) in [7, 11) is 1.91. The second-order valence-electron chi connectivity index (χ2n) is 6.32. The van der Waals surface area contributed by atoms with Gasteiger partial charge in [0.1, 0.15) is 0 Å². The third kappa shape index (κ3) is 3.38. The SMILES string of the molecule is Cc1cccc(N)c1C(=O)N(C)C1CCN(C(C)C)CC1. The van der Waals surface area contributed by atoms with Crippen LogP contribution in [0.5, 0.6) is 0 Å². The first kappa shape index (κ1) is 15.8. The molecule has 1 aromatic carbocycles. The predicted molar refractivity (Wildman–Crippen MR) is 87.4 cm³/mol. The summed E-state index contributed by atoms with van der Waals surface area (Å²) in [5.41, 5.74) is 8.18. The highest BCUT2D eigenvalue weighted by molar-refractivity contribution is 6.00. The van der Waals surface area contributed by atoms with E-state index in [0.717, 1.165) is 31.5 Å². The monoisotopic (exact) mass is 289 g/mol. The average molecular weight is 289 g/mol. The summed E-state index contributed by atoms with van der Waals surface area (Å²) in [5.74, 6) is 0.0496. The van der Waals surface area contributed by atoms with Gasteiger partial charge in [0.05, 0.1) is 5.56 Å². The Bertz CT molecular complexity index is 485. The first-order valence-corrected chi connectivity index (χ1v) is 7.78. The quantitative estimate of drug-likeness (QED) is 0.870. The maximum atomic E-state index is 12.7. The summed E-state index contributed by atoms with van der Waals surface area (Å²) >= 11 is 0. The molecule has 4 nitrogen and oxygen atoms in total. The van der Waals surface area contributed by atoms with E-state index in [1.165, 1.54) is 0 Å². The molecular weight excluding hydrogens is 262 g/mol. The van der Waals surface area contributed by atoms with Crippen LogP contribution in [-0.2, 0) is 0 Å². The number of rotatable bonds is 3. The molecule has 1 heterocycles. The van der Waals surface area contributed by atoms with E-state index in [1.807, 2.05) is 31.0 Å². The number of likely N-dealkylation sites (tertiary alicyclic amines) is 1. The molecule has 0 radical (unpaired) electrons. The van der Waals surface area contributed by atoms with Crippen LogP contribution in [0.3, 0.4) is 0 Å². The molecular formula is C17H27N3O. The van der Waals surface area contributed by atoms with Gasteiger partial charge in [-0.25, -0.2) is 0 Å². The lowest BCUT2D eigenvalue weighted by Crippen LogP contribution is -2.47. The van der Waals surface area contributed by atoms with Crippen LogP contribution < -0.4 is 5.73 Å². The average Bonchev–Trinajstić information content (AvgIpc) is 2.46. The van der Waals surface area contributed by atoms with E-state index in [0.29, 0.717) is 23.3 Å². The van der Waals surface area contributed by atoms with E-state index in [-0.39, 0.29) is 5.91 Å². The highest BCUT2D eigenvalue weighted by Gasteiger charge is 2.28. The molecule has 0 saturated carbocycles. The number of hydrogen-bond acceptors (Lipinski definition) is 3. The third-order valence-electron chi connectivity index (χ3n) is 4.62. The van der Waals surface area contributed by atoms with E-state index in [9.17, 15) is 4.79 Å². The zero-order valence-corrected chi connectivity index (χ0v) is 13.6. The van der Waals surface area contributed by atoms with Crippen LogP contribution >= 0.6 is 0 Å². The Kier molecular flexibility index (Phi) is 4.88. The van der Waals surface area contributed by atoms with Crippen molar-refractivity contribution in [3.8, 4) is 0 Å². The van der Waals surface area contributed by atoms with Crippen molar-refractivity contribution in [2.24, 2.45) is 0 Å². The summed E-state index contributed by atoms with van der Waals surface area (Å²) in [4.78, 5) is 17.1. The topological polar surface area (TPSA) is 49.6 Å². The van der Waals surface area contributed by atoms with Crippen LogP contribution in [0.4, 0.5) is 5.69 Å². The molecule has 0 aromatic heterocycles. The molecule has 4 heteroatoms. The van der Waals surface area contributed by atoms with Gasteiger partial charge in [0.15, 0.2) is 0 Å². The van der Waals surface area contributed by atoms with E-state index in [4.69, 9.17) is 5.73 Å². The fourth-order valence-corrected chi connectivity index (χ4v) is 3.11. The van der Waals surface area contributed by atoms with Crippen molar-refractivity contribution in [2.45, 2.75) is 45.7 Å². The molecule has 1 fully saturated rings. The van der Waals surface area contributed by atoms with Gasteiger partial charge in [-0.2, -0.15) is 0 Å². The standard InChI is InChI=1S/C17H27N3O/c1-12(2)20-10-8-14(9-11-20)19(4)17(21)16-13(3)6-5-7-15(16)18/h5-7,12,14H,8-11,18H2,1-4H3. The molecule has 2 rings (SSSR count). The number of carbonyl (C=O) groups excluding carboxylic acids is 1. The summed E-state index contributed by atoms with van der Waals surface area (Å²) in [5, 5.41) is 0. The first-order valence-electron chi connectivity index (χ1n) is 7.78. The lowest BCUT2D eigenvalue weighted by atomic mass is 10.00. The molecule has 0 aliphatic carbocycles. The number of carbonyl (C=O) groups is 1. The summed E-state index contributed by atoms with van der Waals surface area (Å²) in [6.45, 7) is 8.51. The molecule has 21 heavy (non-hydrogen) atoms. The summed E-state index contributed by atoms with van der Waals surface area (Å²) < 4.78 is 0. The number of piperidine rings is 1. The van der Waals surface area contributed by atoms with Crippen molar-refractivity contribution >= 4 is 11.6 Å². The van der Waals surface area contributed by atoms with Gasteiger partial charge in [0.2, 0.25) is 0 Å². The van der Waals surface area contributed by atoms with E-state index in [1.54, 1.807) is 6.07 Å². The van der Waals surface area contributed by atoms with Crippen LogP contribution in [0, 0.1) is 6.92 Å². The number of aryl methyl sites for hydroxylation is 1. The molecule has 0 unspecified atom stereocenters. The minimum atomic E-state index is 0.0496. The molecule has 0 bridgehead atoms. The number of nitrogens with zero attached hydrogens (tertiary/aromatic N) is 2. The number of benzene rings is 1. The zero-order valence-electron chi connectivity index (χ0n) is 13.6. The van der Waals surface area contributed by atoms with Gasteiger partial charge in [-0.15, -0.1) is 0 Å². The Morgan fingerprint density at radius 2 is 1.95 bits per heavy atom. The predicted octanol–water partition coefficient (Wildman–Crippen LogP) is 2.52. The molecule has 2 N–H and O–H groups in total. The first-order chi connectivity index (χ1) is 9.91. The number of anilines is 1. The fraction of sp³-hybridized carbons (Fsp3) is 0.588. The van der Waals surface area contributed by atoms with Crippen LogP contribution in [0.15, 0.2) is 18.2 Å². The summed E-state index contributed by atoms with van der Waals surface area (Å²) in [6, 6.07) is 6.53. The minimum absolute atomic E-state index is 0.0496. The van der Waals surface area contributed by atoms with Gasteiger partial charge >= 0.3 is 0 Å². The minimum Gasteiger partial charge on any atom is -0.398 e. The van der Waals surface area contributed by atoms with Gasteiger partial charge < -0.3 is 15.5 Å². The number of hydrogen-bond donors (Lipinski definition) is 1. The molecule has 1 aromatic rings. The van der Waals surface area contributed by atoms with Crippen molar-refractivity contribution in [3.05, 3.63) is 29.3 Å². The van der Waals surface area contributed by atoms with Gasteiger partial charge in [-0.1, -0.05) is 12.1 Å². The van der Waals surface area contributed by atoms with Crippen LogP contribution in [0.2, 0.25) is 0 Å². The Hall–Kier alpha value is -1.55.